The molecule has 2 aliphatic rings. The Hall–Kier alpha value is -0.120. The Morgan fingerprint density at radius 1 is 1.44 bits per heavy atom. The van der Waals surface area contributed by atoms with Crippen LogP contribution in [0.25, 0.3) is 0 Å². The lowest BCUT2D eigenvalue weighted by molar-refractivity contribution is 0.0243. The molecule has 16 heavy (non-hydrogen) atoms. The van der Waals surface area contributed by atoms with Crippen molar-refractivity contribution in [3.05, 3.63) is 0 Å². The summed E-state index contributed by atoms with van der Waals surface area (Å²) in [5.41, 5.74) is 6.36. The monoisotopic (exact) mass is 225 g/mol. The molecule has 0 aromatic carbocycles. The van der Waals surface area contributed by atoms with Gasteiger partial charge in [0.1, 0.15) is 0 Å². The van der Waals surface area contributed by atoms with Crippen LogP contribution in [0.5, 0.6) is 0 Å². The van der Waals surface area contributed by atoms with Gasteiger partial charge in [-0.1, -0.05) is 0 Å². The van der Waals surface area contributed by atoms with Crippen LogP contribution in [0.2, 0.25) is 0 Å². The first-order chi connectivity index (χ1) is 7.57. The largest absolute Gasteiger partial charge is 0.329 e. The van der Waals surface area contributed by atoms with Crippen LogP contribution in [0.3, 0.4) is 0 Å². The summed E-state index contributed by atoms with van der Waals surface area (Å²) in [6, 6.07) is 0.666. The molecule has 2 fully saturated rings. The Balaban J connectivity index is 1.99. The molecule has 94 valence electrons. The molecule has 1 aliphatic heterocycles. The Morgan fingerprint density at radius 3 is 2.62 bits per heavy atom. The molecule has 1 saturated carbocycles. The fraction of sp³-hybridized carbons (Fsp3) is 1.00. The van der Waals surface area contributed by atoms with E-state index in [1.165, 1.54) is 38.8 Å². The molecule has 2 unspecified atom stereocenters. The van der Waals surface area contributed by atoms with Gasteiger partial charge in [0.05, 0.1) is 0 Å². The predicted octanol–water partition coefficient (Wildman–Crippen LogP) is 1.14. The third kappa shape index (κ3) is 2.41. The van der Waals surface area contributed by atoms with E-state index >= 15 is 0 Å². The van der Waals surface area contributed by atoms with E-state index in [-0.39, 0.29) is 5.54 Å². The second-order valence-corrected chi connectivity index (χ2v) is 6.04. The number of nitrogens with zero attached hydrogens (tertiary/aromatic N) is 2. The summed E-state index contributed by atoms with van der Waals surface area (Å²) in [6.07, 6.45) is 5.32. The fourth-order valence-corrected chi connectivity index (χ4v) is 2.98. The first-order valence-electron chi connectivity index (χ1n) is 6.69. The molecule has 3 nitrogen and oxygen atoms in total. The van der Waals surface area contributed by atoms with E-state index in [0.29, 0.717) is 6.04 Å². The number of hydrogen-bond acceptors (Lipinski definition) is 3. The van der Waals surface area contributed by atoms with Gasteiger partial charge in [-0.25, -0.2) is 0 Å². The van der Waals surface area contributed by atoms with Crippen molar-refractivity contribution in [2.45, 2.75) is 44.2 Å². The van der Waals surface area contributed by atoms with E-state index in [0.717, 1.165) is 12.5 Å². The summed E-state index contributed by atoms with van der Waals surface area (Å²) >= 11 is 0. The van der Waals surface area contributed by atoms with Gasteiger partial charge in [0.15, 0.2) is 0 Å². The average Bonchev–Trinajstić information content (AvgIpc) is 3.06. The van der Waals surface area contributed by atoms with Crippen LogP contribution in [0.1, 0.15) is 32.6 Å². The zero-order valence-corrected chi connectivity index (χ0v) is 11.1. The maximum Gasteiger partial charge on any atom is 0.0355 e. The summed E-state index contributed by atoms with van der Waals surface area (Å²) in [5, 5.41) is 0. The highest BCUT2D eigenvalue weighted by Gasteiger charge is 2.40. The molecular formula is C13H27N3. The average molecular weight is 225 g/mol. The first-order valence-corrected chi connectivity index (χ1v) is 6.69. The van der Waals surface area contributed by atoms with Crippen molar-refractivity contribution in [2.75, 3.05) is 33.7 Å². The minimum Gasteiger partial charge on any atom is -0.329 e. The van der Waals surface area contributed by atoms with Gasteiger partial charge in [0, 0.05) is 24.7 Å². The minimum atomic E-state index is 0.272. The van der Waals surface area contributed by atoms with Gasteiger partial charge in [-0.2, -0.15) is 0 Å². The van der Waals surface area contributed by atoms with Crippen molar-refractivity contribution in [3.63, 3.8) is 0 Å². The van der Waals surface area contributed by atoms with Gasteiger partial charge in [0.2, 0.25) is 0 Å². The van der Waals surface area contributed by atoms with Crippen molar-refractivity contribution < 1.29 is 0 Å². The maximum absolute atomic E-state index is 6.08. The van der Waals surface area contributed by atoms with Crippen molar-refractivity contribution in [2.24, 2.45) is 11.7 Å². The molecule has 0 spiro atoms. The molecule has 2 atom stereocenters. The van der Waals surface area contributed by atoms with Crippen LogP contribution in [-0.4, -0.2) is 55.1 Å². The molecule has 0 bridgehead atoms. The number of hydrogen-bond donors (Lipinski definition) is 1. The number of piperidine rings is 1. The zero-order chi connectivity index (χ0) is 11.8. The minimum absolute atomic E-state index is 0.272. The predicted molar refractivity (Wildman–Crippen MR) is 68.5 cm³/mol. The van der Waals surface area contributed by atoms with E-state index in [1.54, 1.807) is 0 Å². The van der Waals surface area contributed by atoms with E-state index in [2.05, 4.69) is 30.8 Å². The van der Waals surface area contributed by atoms with E-state index in [4.69, 9.17) is 5.73 Å². The van der Waals surface area contributed by atoms with Gasteiger partial charge in [-0.05, 0) is 59.2 Å². The van der Waals surface area contributed by atoms with Gasteiger partial charge >= 0.3 is 0 Å². The summed E-state index contributed by atoms with van der Waals surface area (Å²) in [5.74, 6) is 0.961. The molecule has 2 N–H and O–H groups in total. The Kier molecular flexibility index (Phi) is 3.57. The van der Waals surface area contributed by atoms with Crippen LogP contribution in [0, 0.1) is 5.92 Å². The summed E-state index contributed by atoms with van der Waals surface area (Å²) in [6.45, 7) is 5.59. The summed E-state index contributed by atoms with van der Waals surface area (Å²) in [7, 11) is 4.51. The standard InChI is InChI=1S/C13H27N3/c1-11-8-13(10-14,6-7-15(11)2)16(3)9-12-4-5-12/h11-12H,4-10,14H2,1-3H3. The zero-order valence-electron chi connectivity index (χ0n) is 11.1. The number of nitrogens with two attached hydrogens (primary N) is 1. The molecule has 1 saturated heterocycles. The molecular weight excluding hydrogens is 198 g/mol. The quantitative estimate of drug-likeness (QED) is 0.779. The van der Waals surface area contributed by atoms with Crippen molar-refractivity contribution in [1.82, 2.24) is 9.80 Å². The molecule has 0 amide bonds. The maximum atomic E-state index is 6.08. The Morgan fingerprint density at radius 2 is 2.12 bits per heavy atom. The number of likely N-dealkylation sites (N-methyl/N-ethyl adjacent to an activating group) is 1. The third-order valence-corrected chi connectivity index (χ3v) is 4.78. The molecule has 3 heteroatoms. The highest BCUT2D eigenvalue weighted by atomic mass is 15.2. The van der Waals surface area contributed by atoms with Crippen LogP contribution < -0.4 is 5.73 Å². The SMILES string of the molecule is CC1CC(CN)(N(C)CC2CC2)CCN1C. The molecule has 0 aromatic heterocycles. The lowest BCUT2D eigenvalue weighted by atomic mass is 9.82. The van der Waals surface area contributed by atoms with Crippen LogP contribution in [0.15, 0.2) is 0 Å². The topological polar surface area (TPSA) is 32.5 Å². The lowest BCUT2D eigenvalue weighted by Crippen LogP contribution is -2.60. The highest BCUT2D eigenvalue weighted by molar-refractivity contribution is 4.98. The van der Waals surface area contributed by atoms with Crippen molar-refractivity contribution in [3.8, 4) is 0 Å². The lowest BCUT2D eigenvalue weighted by Gasteiger charge is -2.49. The van der Waals surface area contributed by atoms with Gasteiger partial charge < -0.3 is 10.6 Å². The molecule has 1 heterocycles. The van der Waals surface area contributed by atoms with Crippen molar-refractivity contribution in [1.29, 1.82) is 0 Å². The van der Waals surface area contributed by atoms with Crippen LogP contribution in [0.4, 0.5) is 0 Å². The Labute approximate surface area is 100.0 Å². The molecule has 2 rings (SSSR count). The number of likely N-dealkylation sites (tertiary alicyclic amines) is 1. The van der Waals surface area contributed by atoms with E-state index in [1.807, 2.05) is 0 Å². The number of rotatable bonds is 4. The van der Waals surface area contributed by atoms with E-state index in [9.17, 15) is 0 Å². The van der Waals surface area contributed by atoms with Crippen molar-refractivity contribution >= 4 is 0 Å². The van der Waals surface area contributed by atoms with Gasteiger partial charge in [-0.15, -0.1) is 0 Å². The Bertz CT molecular complexity index is 239. The first kappa shape index (κ1) is 12.3. The van der Waals surface area contributed by atoms with Crippen LogP contribution >= 0.6 is 0 Å². The van der Waals surface area contributed by atoms with Gasteiger partial charge in [-0.3, -0.25) is 4.90 Å². The molecule has 0 radical (unpaired) electrons. The van der Waals surface area contributed by atoms with E-state index < -0.39 is 0 Å². The van der Waals surface area contributed by atoms with Crippen LogP contribution in [-0.2, 0) is 0 Å². The molecule has 0 aromatic rings. The molecule has 1 aliphatic carbocycles. The second-order valence-electron chi connectivity index (χ2n) is 6.04. The summed E-state index contributed by atoms with van der Waals surface area (Å²) < 4.78 is 0. The summed E-state index contributed by atoms with van der Waals surface area (Å²) in [4.78, 5) is 5.02. The fourth-order valence-electron chi connectivity index (χ4n) is 2.98. The smallest absolute Gasteiger partial charge is 0.0355 e. The second kappa shape index (κ2) is 4.63. The van der Waals surface area contributed by atoms with Gasteiger partial charge in [0.25, 0.3) is 0 Å². The highest BCUT2D eigenvalue weighted by Crippen LogP contribution is 2.35. The third-order valence-electron chi connectivity index (χ3n) is 4.78. The normalized spacial score (nSPS) is 36.9.